The molecule has 0 saturated heterocycles. The number of ether oxygens (including phenoxy) is 2. The largest absolute Gasteiger partial charge is 0.497 e. The van der Waals surface area contributed by atoms with E-state index in [2.05, 4.69) is 21.2 Å². The van der Waals surface area contributed by atoms with Crippen LogP contribution in [0.15, 0.2) is 40.9 Å². The zero-order chi connectivity index (χ0) is 15.4. The number of hydrogen-bond acceptors (Lipinski definition) is 3. The van der Waals surface area contributed by atoms with Crippen LogP contribution in [0.4, 0.5) is 0 Å². The summed E-state index contributed by atoms with van der Waals surface area (Å²) in [4.78, 5) is 0. The van der Waals surface area contributed by atoms with Crippen LogP contribution in [0.3, 0.4) is 0 Å². The van der Waals surface area contributed by atoms with Crippen LogP contribution in [0, 0.1) is 0 Å². The third-order valence-electron chi connectivity index (χ3n) is 3.27. The Hall–Kier alpha value is -1.23. The summed E-state index contributed by atoms with van der Waals surface area (Å²) in [5, 5.41) is 3.95. The first-order chi connectivity index (χ1) is 10.1. The van der Waals surface area contributed by atoms with Crippen LogP contribution >= 0.6 is 27.5 Å². The van der Waals surface area contributed by atoms with E-state index in [1.54, 1.807) is 14.2 Å². The molecule has 0 aliphatic rings. The third-order valence-corrected chi connectivity index (χ3v) is 4.08. The van der Waals surface area contributed by atoms with Crippen LogP contribution in [0.5, 0.6) is 11.5 Å². The molecule has 2 aromatic carbocycles. The van der Waals surface area contributed by atoms with Gasteiger partial charge in [0.25, 0.3) is 0 Å². The van der Waals surface area contributed by atoms with Crippen LogP contribution in [-0.2, 0) is 0 Å². The van der Waals surface area contributed by atoms with Gasteiger partial charge in [-0.3, -0.25) is 0 Å². The summed E-state index contributed by atoms with van der Waals surface area (Å²) < 4.78 is 11.6. The summed E-state index contributed by atoms with van der Waals surface area (Å²) in [5.41, 5.74) is 2.04. The van der Waals surface area contributed by atoms with Gasteiger partial charge in [0, 0.05) is 10.6 Å². The van der Waals surface area contributed by atoms with Crippen molar-refractivity contribution in [3.05, 3.63) is 57.0 Å². The number of halogens is 2. The van der Waals surface area contributed by atoms with Crippen molar-refractivity contribution in [2.45, 2.75) is 6.04 Å². The molecule has 0 saturated carbocycles. The van der Waals surface area contributed by atoms with Crippen molar-refractivity contribution in [3.8, 4) is 11.5 Å². The van der Waals surface area contributed by atoms with E-state index in [9.17, 15) is 0 Å². The topological polar surface area (TPSA) is 30.5 Å². The number of benzene rings is 2. The number of hydrogen-bond donors (Lipinski definition) is 1. The lowest BCUT2D eigenvalue weighted by Gasteiger charge is -2.21. The first-order valence-corrected chi connectivity index (χ1v) is 7.62. The summed E-state index contributed by atoms with van der Waals surface area (Å²) in [6.07, 6.45) is 0. The molecule has 1 N–H and O–H groups in total. The molecule has 0 aromatic heterocycles. The van der Waals surface area contributed by atoms with Crippen molar-refractivity contribution in [1.82, 2.24) is 5.32 Å². The van der Waals surface area contributed by atoms with E-state index in [-0.39, 0.29) is 6.04 Å². The first kappa shape index (κ1) is 16.1. The van der Waals surface area contributed by atoms with Crippen molar-refractivity contribution < 1.29 is 9.47 Å². The normalized spacial score (nSPS) is 12.0. The molecule has 0 bridgehead atoms. The molecule has 0 radical (unpaired) electrons. The van der Waals surface area contributed by atoms with Gasteiger partial charge < -0.3 is 14.8 Å². The van der Waals surface area contributed by atoms with Crippen molar-refractivity contribution >= 4 is 27.5 Å². The second kappa shape index (κ2) is 7.16. The fourth-order valence-corrected chi connectivity index (χ4v) is 3.33. The predicted octanol–water partition coefficient (Wildman–Crippen LogP) is 4.43. The van der Waals surface area contributed by atoms with Crippen LogP contribution in [0.2, 0.25) is 5.02 Å². The zero-order valence-corrected chi connectivity index (χ0v) is 14.5. The number of rotatable bonds is 5. The Kier molecular flexibility index (Phi) is 5.51. The van der Waals surface area contributed by atoms with Gasteiger partial charge in [-0.25, -0.2) is 0 Å². The Morgan fingerprint density at radius 1 is 1.14 bits per heavy atom. The maximum atomic E-state index is 6.19. The van der Waals surface area contributed by atoms with Gasteiger partial charge in [-0.2, -0.15) is 0 Å². The molecule has 5 heteroatoms. The van der Waals surface area contributed by atoms with Crippen LogP contribution < -0.4 is 14.8 Å². The van der Waals surface area contributed by atoms with Crippen LogP contribution in [0.25, 0.3) is 0 Å². The average molecular weight is 371 g/mol. The monoisotopic (exact) mass is 369 g/mol. The van der Waals surface area contributed by atoms with Gasteiger partial charge >= 0.3 is 0 Å². The molecule has 0 aliphatic heterocycles. The smallest absolute Gasteiger partial charge is 0.138 e. The highest BCUT2D eigenvalue weighted by molar-refractivity contribution is 9.10. The molecule has 0 amide bonds. The van der Waals surface area contributed by atoms with Crippen LogP contribution in [-0.4, -0.2) is 21.3 Å². The van der Waals surface area contributed by atoms with Gasteiger partial charge in [0.05, 0.1) is 24.7 Å². The van der Waals surface area contributed by atoms with Crippen molar-refractivity contribution in [3.63, 3.8) is 0 Å². The summed E-state index contributed by atoms with van der Waals surface area (Å²) >= 11 is 9.68. The minimum atomic E-state index is -0.0509. The van der Waals surface area contributed by atoms with Crippen molar-refractivity contribution in [2.24, 2.45) is 0 Å². The quantitative estimate of drug-likeness (QED) is 0.844. The number of methoxy groups -OCH3 is 2. The molecule has 21 heavy (non-hydrogen) atoms. The highest BCUT2D eigenvalue weighted by Crippen LogP contribution is 2.38. The Morgan fingerprint density at radius 2 is 1.90 bits per heavy atom. The molecule has 1 unspecified atom stereocenters. The summed E-state index contributed by atoms with van der Waals surface area (Å²) in [6.45, 7) is 0. The van der Waals surface area contributed by atoms with Gasteiger partial charge in [-0.1, -0.05) is 23.7 Å². The van der Waals surface area contributed by atoms with Gasteiger partial charge in [0.1, 0.15) is 11.5 Å². The van der Waals surface area contributed by atoms with E-state index >= 15 is 0 Å². The maximum absolute atomic E-state index is 6.19. The fraction of sp³-hybridized carbons (Fsp3) is 0.250. The SMILES string of the molecule is CNC(c1cccc(OC)c1)c1cc(Cl)cc(Br)c1OC. The van der Waals surface area contributed by atoms with Gasteiger partial charge in [-0.05, 0) is 52.8 Å². The van der Waals surface area contributed by atoms with Gasteiger partial charge in [0.15, 0.2) is 0 Å². The van der Waals surface area contributed by atoms with Gasteiger partial charge in [-0.15, -0.1) is 0 Å². The molecule has 0 heterocycles. The molecule has 0 fully saturated rings. The van der Waals surface area contributed by atoms with Gasteiger partial charge in [0.2, 0.25) is 0 Å². The lowest BCUT2D eigenvalue weighted by atomic mass is 9.97. The van der Waals surface area contributed by atoms with E-state index in [4.69, 9.17) is 21.1 Å². The Bertz CT molecular complexity index is 634. The molecule has 3 nitrogen and oxygen atoms in total. The highest BCUT2D eigenvalue weighted by Gasteiger charge is 2.20. The second-order valence-corrected chi connectivity index (χ2v) is 5.80. The standard InChI is InChI=1S/C16H17BrClNO2/c1-19-15(10-5-4-6-12(7-10)20-2)13-8-11(18)9-14(17)16(13)21-3/h4-9,15,19H,1-3H3. The zero-order valence-electron chi connectivity index (χ0n) is 12.1. The minimum Gasteiger partial charge on any atom is -0.497 e. The molecule has 2 aromatic rings. The highest BCUT2D eigenvalue weighted by atomic mass is 79.9. The van der Waals surface area contributed by atoms with Crippen molar-refractivity contribution in [2.75, 3.05) is 21.3 Å². The molecular weight excluding hydrogens is 354 g/mol. The van der Waals surface area contributed by atoms with E-state index in [1.165, 1.54) is 0 Å². The second-order valence-electron chi connectivity index (χ2n) is 4.51. The lowest BCUT2D eigenvalue weighted by Crippen LogP contribution is -2.18. The third kappa shape index (κ3) is 3.51. The van der Waals surface area contributed by atoms with E-state index in [0.717, 1.165) is 27.1 Å². The summed E-state index contributed by atoms with van der Waals surface area (Å²) in [6, 6.07) is 11.6. The Labute approximate surface area is 138 Å². The lowest BCUT2D eigenvalue weighted by molar-refractivity contribution is 0.402. The van der Waals surface area contributed by atoms with E-state index in [0.29, 0.717) is 5.02 Å². The molecule has 1 atom stereocenters. The number of nitrogens with one attached hydrogen (secondary N) is 1. The maximum Gasteiger partial charge on any atom is 0.138 e. The molecular formula is C16H17BrClNO2. The Balaban J connectivity index is 2.55. The predicted molar refractivity (Wildman–Crippen MR) is 89.6 cm³/mol. The van der Waals surface area contributed by atoms with Crippen molar-refractivity contribution in [1.29, 1.82) is 0 Å². The molecule has 0 spiro atoms. The minimum absolute atomic E-state index is 0.0509. The molecule has 112 valence electrons. The Morgan fingerprint density at radius 3 is 2.52 bits per heavy atom. The van der Waals surface area contributed by atoms with E-state index in [1.807, 2.05) is 43.4 Å². The molecule has 2 rings (SSSR count). The van der Waals surface area contributed by atoms with E-state index < -0.39 is 0 Å². The summed E-state index contributed by atoms with van der Waals surface area (Å²) in [7, 11) is 5.21. The fourth-order valence-electron chi connectivity index (χ4n) is 2.33. The summed E-state index contributed by atoms with van der Waals surface area (Å²) in [5.74, 6) is 1.58. The first-order valence-electron chi connectivity index (χ1n) is 6.44. The van der Waals surface area contributed by atoms with Crippen LogP contribution in [0.1, 0.15) is 17.2 Å². The average Bonchev–Trinajstić information content (AvgIpc) is 2.48. The molecule has 0 aliphatic carbocycles.